The monoisotopic (exact) mass is 330 g/mol. The number of carbonyl (C=O) groups is 1. The highest BCUT2D eigenvalue weighted by Gasteiger charge is 2.49. The molecule has 2 bridgehead atoms. The third-order valence-electron chi connectivity index (χ3n) is 4.91. The molecule has 23 heavy (non-hydrogen) atoms. The van der Waals surface area contributed by atoms with Crippen LogP contribution in [-0.4, -0.2) is 34.6 Å². The van der Waals surface area contributed by atoms with Crippen molar-refractivity contribution in [3.05, 3.63) is 48.0 Å². The van der Waals surface area contributed by atoms with Crippen LogP contribution < -0.4 is 0 Å². The van der Waals surface area contributed by atoms with Crippen LogP contribution in [0.4, 0.5) is 0 Å². The van der Waals surface area contributed by atoms with Gasteiger partial charge in [0, 0.05) is 17.8 Å². The van der Waals surface area contributed by atoms with Crippen LogP contribution in [0.2, 0.25) is 0 Å². The molecule has 0 amide bonds. The fourth-order valence-corrected chi connectivity index (χ4v) is 4.19. The quantitative estimate of drug-likeness (QED) is 0.625. The summed E-state index contributed by atoms with van der Waals surface area (Å²) in [6, 6.07) is 12.9. The standard InChI is InChI=1S/C18H17ClNO3/c19-12-8-13-10-17(16(9-12)20(13)22)23-18(21)15-7-3-5-11-4-1-2-6-14(11)15/h1-7,12-13,16-17H,8-10H2/t12-,13+,16-,17+/m0/s1. The summed E-state index contributed by atoms with van der Waals surface area (Å²) >= 11 is 6.20. The van der Waals surface area contributed by atoms with Crippen molar-refractivity contribution in [3.8, 4) is 0 Å². The zero-order valence-electron chi connectivity index (χ0n) is 12.5. The number of nitrogens with zero attached hydrogens (tertiary/aromatic N) is 1. The van der Waals surface area contributed by atoms with Crippen molar-refractivity contribution in [1.29, 1.82) is 0 Å². The molecular weight excluding hydrogens is 314 g/mol. The number of benzene rings is 2. The number of halogens is 1. The van der Waals surface area contributed by atoms with E-state index in [2.05, 4.69) is 0 Å². The smallest absolute Gasteiger partial charge is 0.339 e. The molecule has 2 aromatic rings. The van der Waals surface area contributed by atoms with Gasteiger partial charge in [-0.1, -0.05) is 36.4 Å². The third kappa shape index (κ3) is 2.61. The van der Waals surface area contributed by atoms with Crippen molar-refractivity contribution in [2.45, 2.75) is 42.8 Å². The number of esters is 1. The third-order valence-corrected chi connectivity index (χ3v) is 5.27. The summed E-state index contributed by atoms with van der Waals surface area (Å²) in [6.45, 7) is 0. The van der Waals surface area contributed by atoms with Crippen LogP contribution in [0, 0.1) is 0 Å². The first-order chi connectivity index (χ1) is 11.1. The van der Waals surface area contributed by atoms with Crippen molar-refractivity contribution in [1.82, 2.24) is 5.06 Å². The maximum absolute atomic E-state index is 12.6. The molecule has 119 valence electrons. The van der Waals surface area contributed by atoms with Gasteiger partial charge in [0.15, 0.2) is 0 Å². The predicted molar refractivity (Wildman–Crippen MR) is 86.7 cm³/mol. The van der Waals surface area contributed by atoms with Crippen molar-refractivity contribution in [2.75, 3.05) is 0 Å². The molecule has 0 aromatic heterocycles. The van der Waals surface area contributed by atoms with E-state index in [1.807, 2.05) is 36.4 Å². The van der Waals surface area contributed by atoms with Crippen LogP contribution in [0.3, 0.4) is 0 Å². The van der Waals surface area contributed by atoms with Gasteiger partial charge in [0.25, 0.3) is 0 Å². The minimum Gasteiger partial charge on any atom is -0.457 e. The Labute approximate surface area is 139 Å². The maximum atomic E-state index is 12.6. The van der Waals surface area contributed by atoms with Gasteiger partial charge < -0.3 is 4.74 Å². The Morgan fingerprint density at radius 1 is 1.09 bits per heavy atom. The summed E-state index contributed by atoms with van der Waals surface area (Å²) in [6.07, 6.45) is 1.46. The molecule has 2 aliphatic heterocycles. The summed E-state index contributed by atoms with van der Waals surface area (Å²) in [7, 11) is 0. The second-order valence-electron chi connectivity index (χ2n) is 6.36. The molecule has 2 saturated heterocycles. The highest BCUT2D eigenvalue weighted by Crippen LogP contribution is 2.38. The average molecular weight is 331 g/mol. The molecule has 2 heterocycles. The van der Waals surface area contributed by atoms with Crippen LogP contribution >= 0.6 is 11.6 Å². The van der Waals surface area contributed by atoms with Crippen LogP contribution in [-0.2, 0) is 9.94 Å². The topological polar surface area (TPSA) is 49.4 Å². The molecule has 4 nitrogen and oxygen atoms in total. The summed E-state index contributed by atoms with van der Waals surface area (Å²) in [4.78, 5) is 12.6. The van der Waals surface area contributed by atoms with Gasteiger partial charge >= 0.3 is 5.97 Å². The molecule has 0 N–H and O–H groups in total. The first kappa shape index (κ1) is 14.9. The molecular formula is C18H17ClNO3. The first-order valence-electron chi connectivity index (χ1n) is 7.92. The largest absolute Gasteiger partial charge is 0.457 e. The van der Waals surface area contributed by atoms with E-state index in [0.717, 1.165) is 15.8 Å². The van der Waals surface area contributed by atoms with Crippen molar-refractivity contribution in [2.24, 2.45) is 0 Å². The maximum Gasteiger partial charge on any atom is 0.339 e. The Hall–Kier alpha value is -1.62. The Bertz CT molecular complexity index is 745. The fraction of sp³-hybridized carbons (Fsp3) is 0.389. The number of rotatable bonds is 2. The molecule has 4 rings (SSSR count). The molecule has 0 saturated carbocycles. The lowest BCUT2D eigenvalue weighted by molar-refractivity contribution is -0.212. The number of carbonyl (C=O) groups excluding carboxylic acids is 1. The number of alkyl halides is 1. The van der Waals surface area contributed by atoms with Crippen molar-refractivity contribution < 1.29 is 14.7 Å². The highest BCUT2D eigenvalue weighted by molar-refractivity contribution is 6.20. The fourth-order valence-electron chi connectivity index (χ4n) is 3.80. The molecule has 0 spiro atoms. The van der Waals surface area contributed by atoms with Crippen LogP contribution in [0.25, 0.3) is 10.8 Å². The van der Waals surface area contributed by atoms with E-state index < -0.39 is 0 Å². The van der Waals surface area contributed by atoms with E-state index >= 15 is 0 Å². The number of hydrogen-bond donors (Lipinski definition) is 0. The minimum absolute atomic E-state index is 0.00328. The second-order valence-corrected chi connectivity index (χ2v) is 6.97. The lowest BCUT2D eigenvalue weighted by Gasteiger charge is -2.30. The molecule has 2 fully saturated rings. The Balaban J connectivity index is 1.58. The first-order valence-corrected chi connectivity index (χ1v) is 8.35. The van der Waals surface area contributed by atoms with E-state index in [1.165, 1.54) is 0 Å². The zero-order chi connectivity index (χ0) is 16.0. The van der Waals surface area contributed by atoms with E-state index in [-0.39, 0.29) is 29.5 Å². The number of piperidine rings is 1. The van der Waals surface area contributed by atoms with Gasteiger partial charge in [-0.15, -0.1) is 21.9 Å². The van der Waals surface area contributed by atoms with Gasteiger partial charge in [-0.05, 0) is 29.7 Å². The van der Waals surface area contributed by atoms with Gasteiger partial charge in [-0.2, -0.15) is 0 Å². The molecule has 0 unspecified atom stereocenters. The number of hydrogen-bond acceptors (Lipinski definition) is 3. The van der Waals surface area contributed by atoms with Crippen LogP contribution in [0.5, 0.6) is 0 Å². The Morgan fingerprint density at radius 2 is 1.87 bits per heavy atom. The van der Waals surface area contributed by atoms with Gasteiger partial charge in [0.05, 0.1) is 11.6 Å². The Morgan fingerprint density at radius 3 is 2.74 bits per heavy atom. The second kappa shape index (κ2) is 5.78. The lowest BCUT2D eigenvalue weighted by Crippen LogP contribution is -2.43. The Kier molecular flexibility index (Phi) is 3.76. The summed E-state index contributed by atoms with van der Waals surface area (Å²) in [5, 5.41) is 15.1. The van der Waals surface area contributed by atoms with Crippen LogP contribution in [0.15, 0.2) is 42.5 Å². The normalized spacial score (nSPS) is 30.5. The summed E-state index contributed by atoms with van der Waals surface area (Å²) < 4.78 is 5.70. The van der Waals surface area contributed by atoms with Gasteiger partial charge in [-0.25, -0.2) is 4.79 Å². The van der Waals surface area contributed by atoms with Gasteiger partial charge in [0.1, 0.15) is 6.10 Å². The number of ether oxygens (including phenoxy) is 1. The molecule has 0 aliphatic carbocycles. The molecule has 5 heteroatoms. The van der Waals surface area contributed by atoms with Crippen molar-refractivity contribution >= 4 is 28.3 Å². The predicted octanol–water partition coefficient (Wildman–Crippen LogP) is 3.55. The molecule has 2 aromatic carbocycles. The molecule has 1 radical (unpaired) electrons. The van der Waals surface area contributed by atoms with E-state index in [1.54, 1.807) is 6.07 Å². The average Bonchev–Trinajstić information content (AvgIpc) is 2.73. The minimum atomic E-state index is -0.368. The molecule has 4 atom stereocenters. The van der Waals surface area contributed by atoms with Gasteiger partial charge in [-0.3, -0.25) is 0 Å². The van der Waals surface area contributed by atoms with E-state index in [9.17, 15) is 10.0 Å². The zero-order valence-corrected chi connectivity index (χ0v) is 13.3. The van der Waals surface area contributed by atoms with E-state index in [4.69, 9.17) is 16.3 Å². The SMILES string of the molecule is [O]N1[C@@H]2C[C@H](Cl)C[C@H]1[C@H](OC(=O)c1cccc3ccccc13)C2. The van der Waals surface area contributed by atoms with Crippen LogP contribution in [0.1, 0.15) is 29.6 Å². The lowest BCUT2D eigenvalue weighted by atomic mass is 10.0. The van der Waals surface area contributed by atoms with Crippen molar-refractivity contribution in [3.63, 3.8) is 0 Å². The summed E-state index contributed by atoms with van der Waals surface area (Å²) in [5.41, 5.74) is 0.546. The van der Waals surface area contributed by atoms with Gasteiger partial charge in [0.2, 0.25) is 0 Å². The summed E-state index contributed by atoms with van der Waals surface area (Å²) in [5.74, 6) is -0.362. The number of fused-ring (bicyclic) bond motifs is 3. The van der Waals surface area contributed by atoms with E-state index in [0.29, 0.717) is 24.8 Å². The number of hydroxylamine groups is 2. The molecule has 2 aliphatic rings. The highest BCUT2D eigenvalue weighted by atomic mass is 35.5.